The summed E-state index contributed by atoms with van der Waals surface area (Å²) in [7, 11) is 0. The van der Waals surface area contributed by atoms with Crippen LogP contribution >= 0.6 is 0 Å². The predicted molar refractivity (Wildman–Crippen MR) is 125 cm³/mol. The van der Waals surface area contributed by atoms with Gasteiger partial charge in [0.1, 0.15) is 6.10 Å². The van der Waals surface area contributed by atoms with E-state index >= 15 is 0 Å². The Morgan fingerprint density at radius 2 is 1.85 bits per heavy atom. The van der Waals surface area contributed by atoms with Crippen molar-refractivity contribution in [3.8, 4) is 0 Å². The lowest BCUT2D eigenvalue weighted by atomic mass is 9.94. The highest BCUT2D eigenvalue weighted by atomic mass is 16.5. The van der Waals surface area contributed by atoms with E-state index in [0.717, 1.165) is 39.3 Å². The molecule has 2 amide bonds. The molecule has 0 spiro atoms. The molecule has 0 aliphatic carbocycles. The van der Waals surface area contributed by atoms with Gasteiger partial charge in [0.2, 0.25) is 5.91 Å². The number of ether oxygens (including phenoxy) is 3. The van der Waals surface area contributed by atoms with E-state index in [9.17, 15) is 14.7 Å². The number of aliphatic hydroxyl groups is 1. The molecule has 1 aromatic rings. The first-order chi connectivity index (χ1) is 16.6. The van der Waals surface area contributed by atoms with E-state index in [-0.39, 0.29) is 49.8 Å². The highest BCUT2D eigenvalue weighted by Crippen LogP contribution is 2.28. The molecule has 2 N–H and O–H groups in total. The van der Waals surface area contributed by atoms with Crippen LogP contribution in [-0.2, 0) is 19.0 Å². The molecule has 0 saturated carbocycles. The number of rotatable bonds is 7. The summed E-state index contributed by atoms with van der Waals surface area (Å²) in [5.74, 6) is -0.124. The Kier molecular flexibility index (Phi) is 9.29. The SMILES string of the molecule is O=C(C[C@H]1CC[C@@H]2[C@H](COC[C@@H](O)CN2C(=O)c2ccccc2)O1)NCCCN1CCOCC1. The summed E-state index contributed by atoms with van der Waals surface area (Å²) in [4.78, 5) is 29.8. The Morgan fingerprint density at radius 3 is 2.65 bits per heavy atom. The number of nitrogens with one attached hydrogen (secondary N) is 1. The van der Waals surface area contributed by atoms with E-state index in [4.69, 9.17) is 14.2 Å². The third-order valence-electron chi connectivity index (χ3n) is 6.75. The van der Waals surface area contributed by atoms with Crippen molar-refractivity contribution in [3.63, 3.8) is 0 Å². The normalized spacial score (nSPS) is 28.4. The molecular weight excluding hydrogens is 438 g/mol. The summed E-state index contributed by atoms with van der Waals surface area (Å²) in [6.45, 7) is 5.72. The number of carbonyl (C=O) groups is 2. The van der Waals surface area contributed by atoms with Crippen molar-refractivity contribution in [1.82, 2.24) is 15.1 Å². The van der Waals surface area contributed by atoms with E-state index in [2.05, 4.69) is 10.2 Å². The molecule has 9 heteroatoms. The molecule has 1 aromatic carbocycles. The number of fused-ring (bicyclic) bond motifs is 1. The maximum Gasteiger partial charge on any atom is 0.254 e. The second kappa shape index (κ2) is 12.6. The smallest absolute Gasteiger partial charge is 0.254 e. The van der Waals surface area contributed by atoms with Crippen LogP contribution in [0.15, 0.2) is 30.3 Å². The molecule has 0 bridgehead atoms. The van der Waals surface area contributed by atoms with E-state index in [1.165, 1.54) is 0 Å². The van der Waals surface area contributed by atoms with Crippen LogP contribution in [0.25, 0.3) is 0 Å². The molecule has 4 atom stereocenters. The third kappa shape index (κ3) is 6.99. The van der Waals surface area contributed by atoms with E-state index in [1.54, 1.807) is 17.0 Å². The molecular formula is C25H37N3O6. The standard InChI is InChI=1S/C25H37N3O6/c29-20-16-28(25(31)19-5-2-1-3-6-19)22-8-7-21(34-23(22)18-33-17-20)15-24(30)26-9-4-10-27-11-13-32-14-12-27/h1-3,5-6,20-23,29H,4,7-18H2,(H,26,30)/t20-,21+,22+,23-/m0/s1. The Balaban J connectivity index is 1.27. The minimum Gasteiger partial charge on any atom is -0.389 e. The number of hydrogen-bond donors (Lipinski definition) is 2. The lowest BCUT2D eigenvalue weighted by molar-refractivity contribution is -0.150. The molecule has 9 nitrogen and oxygen atoms in total. The summed E-state index contributed by atoms with van der Waals surface area (Å²) < 4.78 is 17.3. The van der Waals surface area contributed by atoms with Crippen LogP contribution in [-0.4, -0.2) is 110 Å². The number of amides is 2. The number of benzene rings is 1. The quantitative estimate of drug-likeness (QED) is 0.559. The average Bonchev–Trinajstić information content (AvgIpc) is 2.85. The first kappa shape index (κ1) is 25.1. The van der Waals surface area contributed by atoms with Gasteiger partial charge in [0.05, 0.1) is 51.1 Å². The van der Waals surface area contributed by atoms with Crippen LogP contribution in [0.3, 0.4) is 0 Å². The van der Waals surface area contributed by atoms with Crippen LogP contribution in [0.2, 0.25) is 0 Å². The topological polar surface area (TPSA) is 101 Å². The summed E-state index contributed by atoms with van der Waals surface area (Å²) in [5.41, 5.74) is 0.591. The van der Waals surface area contributed by atoms with Gasteiger partial charge in [0.15, 0.2) is 0 Å². The maximum atomic E-state index is 13.2. The zero-order valence-corrected chi connectivity index (χ0v) is 19.8. The molecule has 0 aromatic heterocycles. The second-order valence-corrected chi connectivity index (χ2v) is 9.32. The highest BCUT2D eigenvalue weighted by Gasteiger charge is 2.40. The fraction of sp³-hybridized carbons (Fsp3) is 0.680. The van der Waals surface area contributed by atoms with Gasteiger partial charge in [-0.2, -0.15) is 0 Å². The summed E-state index contributed by atoms with van der Waals surface area (Å²) in [6, 6.07) is 8.92. The summed E-state index contributed by atoms with van der Waals surface area (Å²) in [6.07, 6.45) is 1.32. The van der Waals surface area contributed by atoms with Gasteiger partial charge >= 0.3 is 0 Å². The van der Waals surface area contributed by atoms with Gasteiger partial charge in [-0.05, 0) is 37.9 Å². The molecule has 34 heavy (non-hydrogen) atoms. The van der Waals surface area contributed by atoms with Gasteiger partial charge in [-0.25, -0.2) is 0 Å². The van der Waals surface area contributed by atoms with Crippen molar-refractivity contribution in [3.05, 3.63) is 35.9 Å². The van der Waals surface area contributed by atoms with Crippen molar-refractivity contribution < 1.29 is 28.9 Å². The van der Waals surface area contributed by atoms with Gasteiger partial charge in [-0.3, -0.25) is 14.5 Å². The van der Waals surface area contributed by atoms with E-state index in [1.807, 2.05) is 18.2 Å². The van der Waals surface area contributed by atoms with Crippen LogP contribution in [0.5, 0.6) is 0 Å². The van der Waals surface area contributed by atoms with Crippen molar-refractivity contribution in [2.75, 3.05) is 59.2 Å². The number of hydrogen-bond acceptors (Lipinski definition) is 7. The maximum absolute atomic E-state index is 13.2. The Hall–Kier alpha value is -2.04. The van der Waals surface area contributed by atoms with Crippen LogP contribution in [0.1, 0.15) is 36.0 Å². The molecule has 3 fully saturated rings. The minimum atomic E-state index is -0.741. The highest BCUT2D eigenvalue weighted by molar-refractivity contribution is 5.94. The molecule has 188 valence electrons. The van der Waals surface area contributed by atoms with Crippen molar-refractivity contribution in [1.29, 1.82) is 0 Å². The van der Waals surface area contributed by atoms with Gasteiger partial charge in [0, 0.05) is 31.7 Å². The molecule has 3 aliphatic heterocycles. The number of aliphatic hydroxyl groups excluding tert-OH is 1. The number of β-amino-alcohol motifs (C(OH)–C–C–N with tert-alkyl or cyclic N) is 1. The van der Waals surface area contributed by atoms with Crippen molar-refractivity contribution in [2.45, 2.75) is 50.0 Å². The van der Waals surface area contributed by atoms with Gasteiger partial charge in [-0.15, -0.1) is 0 Å². The fourth-order valence-electron chi connectivity index (χ4n) is 4.96. The minimum absolute atomic E-state index is 0.00942. The monoisotopic (exact) mass is 475 g/mol. The third-order valence-corrected chi connectivity index (χ3v) is 6.75. The molecule has 0 radical (unpaired) electrons. The van der Waals surface area contributed by atoms with Crippen molar-refractivity contribution >= 4 is 11.8 Å². The van der Waals surface area contributed by atoms with Gasteiger partial charge in [-0.1, -0.05) is 18.2 Å². The number of morpholine rings is 1. The average molecular weight is 476 g/mol. The molecule has 3 aliphatic rings. The van der Waals surface area contributed by atoms with Gasteiger partial charge < -0.3 is 29.5 Å². The largest absolute Gasteiger partial charge is 0.389 e. The van der Waals surface area contributed by atoms with Gasteiger partial charge in [0.25, 0.3) is 5.91 Å². The Morgan fingerprint density at radius 1 is 1.06 bits per heavy atom. The summed E-state index contributed by atoms with van der Waals surface area (Å²) in [5, 5.41) is 13.3. The Bertz CT molecular complexity index is 788. The molecule has 3 heterocycles. The lowest BCUT2D eigenvalue weighted by Crippen LogP contribution is -2.57. The number of nitrogens with zero attached hydrogens (tertiary/aromatic N) is 2. The van der Waals surface area contributed by atoms with E-state index in [0.29, 0.717) is 31.4 Å². The molecule has 3 saturated heterocycles. The molecule has 4 rings (SSSR count). The van der Waals surface area contributed by atoms with Crippen LogP contribution in [0, 0.1) is 0 Å². The second-order valence-electron chi connectivity index (χ2n) is 9.32. The first-order valence-electron chi connectivity index (χ1n) is 12.4. The van der Waals surface area contributed by atoms with E-state index < -0.39 is 6.10 Å². The first-order valence-corrected chi connectivity index (χ1v) is 12.4. The van der Waals surface area contributed by atoms with Crippen LogP contribution in [0.4, 0.5) is 0 Å². The summed E-state index contributed by atoms with van der Waals surface area (Å²) >= 11 is 0. The zero-order chi connectivity index (χ0) is 23.8. The Labute approximate surface area is 201 Å². The fourth-order valence-corrected chi connectivity index (χ4v) is 4.96. The zero-order valence-electron chi connectivity index (χ0n) is 19.8. The molecule has 0 unspecified atom stereocenters. The van der Waals surface area contributed by atoms with Crippen LogP contribution < -0.4 is 5.32 Å². The lowest BCUT2D eigenvalue weighted by Gasteiger charge is -2.44. The predicted octanol–water partition coefficient (Wildman–Crippen LogP) is 0.665. The van der Waals surface area contributed by atoms with Crippen molar-refractivity contribution in [2.24, 2.45) is 0 Å². The number of carbonyl (C=O) groups excluding carboxylic acids is 2.